The predicted molar refractivity (Wildman–Crippen MR) is 78.6 cm³/mol. The smallest absolute Gasteiger partial charge is 0.336 e. The van der Waals surface area contributed by atoms with Gasteiger partial charge < -0.3 is 9.15 Å². The summed E-state index contributed by atoms with van der Waals surface area (Å²) in [5, 5.41) is 0. The molecule has 0 saturated heterocycles. The molecule has 0 atom stereocenters. The highest BCUT2D eigenvalue weighted by Gasteiger charge is 2.03. The van der Waals surface area contributed by atoms with Crippen molar-refractivity contribution in [2.75, 3.05) is 0 Å². The highest BCUT2D eigenvalue weighted by Crippen LogP contribution is 2.18. The lowest BCUT2D eigenvalue weighted by Gasteiger charge is -2.06. The van der Waals surface area contributed by atoms with Gasteiger partial charge in [-0.2, -0.15) is 0 Å². The third-order valence-electron chi connectivity index (χ3n) is 2.91. The van der Waals surface area contributed by atoms with Gasteiger partial charge in [-0.15, -0.1) is 0 Å². The number of carbonyl (C=O) groups excluding carboxylic acids is 1. The van der Waals surface area contributed by atoms with Gasteiger partial charge >= 0.3 is 5.97 Å². The lowest BCUT2D eigenvalue weighted by Crippen LogP contribution is -2.03. The Morgan fingerprint density at radius 1 is 1.15 bits per heavy atom. The lowest BCUT2D eigenvalue weighted by atomic mass is 10.0. The summed E-state index contributed by atoms with van der Waals surface area (Å²) in [7, 11) is 0. The molecule has 0 amide bonds. The maximum Gasteiger partial charge on any atom is 0.336 e. The van der Waals surface area contributed by atoms with Crippen LogP contribution in [0.15, 0.2) is 46.9 Å². The summed E-state index contributed by atoms with van der Waals surface area (Å²) < 4.78 is 10.5. The quantitative estimate of drug-likeness (QED) is 0.471. The summed E-state index contributed by atoms with van der Waals surface area (Å²) >= 11 is 0. The van der Waals surface area contributed by atoms with Crippen molar-refractivity contribution < 1.29 is 13.9 Å². The Hall–Kier alpha value is -2.29. The van der Waals surface area contributed by atoms with Gasteiger partial charge in [-0.1, -0.05) is 26.0 Å². The van der Waals surface area contributed by atoms with E-state index in [2.05, 4.69) is 13.8 Å². The molecule has 0 aliphatic carbocycles. The molecule has 20 heavy (non-hydrogen) atoms. The van der Waals surface area contributed by atoms with Crippen LogP contribution in [0.4, 0.5) is 0 Å². The minimum absolute atomic E-state index is 0.420. The van der Waals surface area contributed by atoms with E-state index in [1.54, 1.807) is 24.3 Å². The van der Waals surface area contributed by atoms with Gasteiger partial charge in [-0.05, 0) is 48.7 Å². The molecule has 3 heteroatoms. The van der Waals surface area contributed by atoms with Crippen LogP contribution < -0.4 is 4.74 Å². The van der Waals surface area contributed by atoms with E-state index >= 15 is 0 Å². The minimum atomic E-state index is -0.420. The molecule has 1 heterocycles. The summed E-state index contributed by atoms with van der Waals surface area (Å²) in [6.45, 7) is 6.09. The SMILES string of the molecule is Cc1ccc(C=CC(=O)Oc2ccc(C(C)C)cc2)o1. The molecular formula is C17H18O3. The number of ether oxygens (including phenoxy) is 1. The van der Waals surface area contributed by atoms with Crippen molar-refractivity contribution >= 4 is 12.0 Å². The van der Waals surface area contributed by atoms with Crippen LogP contribution in [0.5, 0.6) is 5.75 Å². The zero-order valence-electron chi connectivity index (χ0n) is 11.9. The monoisotopic (exact) mass is 270 g/mol. The van der Waals surface area contributed by atoms with Gasteiger partial charge in [-0.3, -0.25) is 0 Å². The third-order valence-corrected chi connectivity index (χ3v) is 2.91. The first-order chi connectivity index (χ1) is 9.54. The van der Waals surface area contributed by atoms with Crippen LogP contribution in [0.2, 0.25) is 0 Å². The molecule has 0 spiro atoms. The van der Waals surface area contributed by atoms with E-state index in [1.165, 1.54) is 11.6 Å². The molecule has 2 aromatic rings. The zero-order valence-corrected chi connectivity index (χ0v) is 11.9. The van der Waals surface area contributed by atoms with Crippen LogP contribution >= 0.6 is 0 Å². The predicted octanol–water partition coefficient (Wildman–Crippen LogP) is 4.33. The Morgan fingerprint density at radius 2 is 1.85 bits per heavy atom. The molecular weight excluding hydrogens is 252 g/mol. The molecule has 0 aliphatic heterocycles. The van der Waals surface area contributed by atoms with Gasteiger partial charge in [-0.25, -0.2) is 4.79 Å². The van der Waals surface area contributed by atoms with Crippen molar-refractivity contribution in [3.05, 3.63) is 59.6 Å². The van der Waals surface area contributed by atoms with E-state index in [0.29, 0.717) is 17.4 Å². The number of esters is 1. The number of aryl methyl sites for hydroxylation is 1. The molecule has 1 aromatic heterocycles. The van der Waals surface area contributed by atoms with Crippen LogP contribution in [-0.4, -0.2) is 5.97 Å². The number of hydrogen-bond acceptors (Lipinski definition) is 3. The average Bonchev–Trinajstić information content (AvgIpc) is 2.83. The summed E-state index contributed by atoms with van der Waals surface area (Å²) in [5.41, 5.74) is 1.21. The van der Waals surface area contributed by atoms with Gasteiger partial charge in [0.25, 0.3) is 0 Å². The Labute approximate surface area is 118 Å². The Kier molecular flexibility index (Phi) is 4.41. The molecule has 1 aromatic carbocycles. The fourth-order valence-corrected chi connectivity index (χ4v) is 1.76. The first kappa shape index (κ1) is 14.1. The largest absolute Gasteiger partial charge is 0.462 e. The van der Waals surface area contributed by atoms with Crippen molar-refractivity contribution in [3.63, 3.8) is 0 Å². The number of furan rings is 1. The number of hydrogen-bond donors (Lipinski definition) is 0. The van der Waals surface area contributed by atoms with Crippen LogP contribution in [0, 0.1) is 6.92 Å². The Morgan fingerprint density at radius 3 is 2.40 bits per heavy atom. The first-order valence-electron chi connectivity index (χ1n) is 6.61. The maximum absolute atomic E-state index is 11.7. The molecule has 104 valence electrons. The van der Waals surface area contributed by atoms with Gasteiger partial charge in [0, 0.05) is 6.08 Å². The van der Waals surface area contributed by atoms with Crippen LogP contribution in [0.1, 0.15) is 36.8 Å². The van der Waals surface area contributed by atoms with E-state index in [4.69, 9.17) is 9.15 Å². The van der Waals surface area contributed by atoms with Crippen LogP contribution in [0.25, 0.3) is 6.08 Å². The normalized spacial score (nSPS) is 11.2. The highest BCUT2D eigenvalue weighted by molar-refractivity contribution is 5.88. The van der Waals surface area contributed by atoms with E-state index in [-0.39, 0.29) is 0 Å². The van der Waals surface area contributed by atoms with Crippen molar-refractivity contribution in [3.8, 4) is 5.75 Å². The maximum atomic E-state index is 11.7. The van der Waals surface area contributed by atoms with Gasteiger partial charge in [0.05, 0.1) is 0 Å². The molecule has 0 unspecified atom stereocenters. The fourth-order valence-electron chi connectivity index (χ4n) is 1.76. The van der Waals surface area contributed by atoms with Gasteiger partial charge in [0.15, 0.2) is 0 Å². The molecule has 0 fully saturated rings. The topological polar surface area (TPSA) is 39.4 Å². The number of carbonyl (C=O) groups is 1. The van der Waals surface area contributed by atoms with Crippen LogP contribution in [0.3, 0.4) is 0 Å². The van der Waals surface area contributed by atoms with E-state index in [1.807, 2.05) is 25.1 Å². The second-order valence-electron chi connectivity index (χ2n) is 4.93. The number of benzene rings is 1. The lowest BCUT2D eigenvalue weighted by molar-refractivity contribution is -0.128. The average molecular weight is 270 g/mol. The highest BCUT2D eigenvalue weighted by atomic mass is 16.5. The number of rotatable bonds is 4. The first-order valence-corrected chi connectivity index (χ1v) is 6.61. The van der Waals surface area contributed by atoms with Crippen LogP contribution in [-0.2, 0) is 4.79 Å². The summed E-state index contributed by atoms with van der Waals surface area (Å²) in [5.74, 6) is 2.02. The Balaban J connectivity index is 1.95. The van der Waals surface area contributed by atoms with Crippen molar-refractivity contribution in [1.82, 2.24) is 0 Å². The second-order valence-corrected chi connectivity index (χ2v) is 4.93. The minimum Gasteiger partial charge on any atom is -0.462 e. The van der Waals surface area contributed by atoms with Crippen molar-refractivity contribution in [1.29, 1.82) is 0 Å². The molecule has 0 N–H and O–H groups in total. The van der Waals surface area contributed by atoms with Gasteiger partial charge in [0.1, 0.15) is 17.3 Å². The zero-order chi connectivity index (χ0) is 14.5. The summed E-state index contributed by atoms with van der Waals surface area (Å²) in [4.78, 5) is 11.7. The molecule has 0 saturated carbocycles. The van der Waals surface area contributed by atoms with E-state index in [9.17, 15) is 4.79 Å². The molecule has 2 rings (SSSR count). The van der Waals surface area contributed by atoms with E-state index in [0.717, 1.165) is 5.76 Å². The molecule has 3 nitrogen and oxygen atoms in total. The molecule has 0 aliphatic rings. The van der Waals surface area contributed by atoms with Crippen molar-refractivity contribution in [2.24, 2.45) is 0 Å². The molecule has 0 radical (unpaired) electrons. The van der Waals surface area contributed by atoms with Crippen molar-refractivity contribution in [2.45, 2.75) is 26.7 Å². The van der Waals surface area contributed by atoms with E-state index < -0.39 is 5.97 Å². The second kappa shape index (κ2) is 6.24. The third kappa shape index (κ3) is 3.85. The van der Waals surface area contributed by atoms with Gasteiger partial charge in [0.2, 0.25) is 0 Å². The standard InChI is InChI=1S/C17H18O3/c1-12(2)14-5-8-16(9-6-14)20-17(18)11-10-15-7-4-13(3)19-15/h4-12H,1-3H3. The fraction of sp³-hybridized carbons (Fsp3) is 0.235. The summed E-state index contributed by atoms with van der Waals surface area (Å²) in [6.07, 6.45) is 2.95. The Bertz CT molecular complexity index is 603. The molecule has 0 bridgehead atoms. The summed E-state index contributed by atoms with van der Waals surface area (Å²) in [6, 6.07) is 11.2.